The molecule has 6 nitrogen and oxygen atoms in total. The van der Waals surface area contributed by atoms with E-state index in [0.717, 1.165) is 0 Å². The molecular weight excluding hydrogens is 222 g/mol. The van der Waals surface area contributed by atoms with Crippen molar-refractivity contribution in [2.24, 2.45) is 0 Å². The maximum absolute atomic E-state index is 11.5. The number of ether oxygens (including phenoxy) is 1. The number of methoxy groups -OCH3 is 1. The molecule has 17 heavy (non-hydrogen) atoms. The van der Waals surface area contributed by atoms with Gasteiger partial charge in [0.25, 0.3) is 0 Å². The Morgan fingerprint density at radius 2 is 2.41 bits per heavy atom. The van der Waals surface area contributed by atoms with E-state index >= 15 is 0 Å². The van der Waals surface area contributed by atoms with Crippen molar-refractivity contribution in [3.63, 3.8) is 0 Å². The number of aliphatic hydroxyl groups is 1. The molecule has 2 unspecified atom stereocenters. The van der Waals surface area contributed by atoms with E-state index < -0.39 is 6.10 Å². The molecule has 1 aliphatic heterocycles. The molecule has 6 heteroatoms. The second-order valence-corrected chi connectivity index (χ2v) is 4.19. The predicted molar refractivity (Wildman–Crippen MR) is 60.2 cm³/mol. The van der Waals surface area contributed by atoms with Gasteiger partial charge in [-0.05, 0) is 6.07 Å². The number of aliphatic hydroxyl groups excluding tert-OH is 1. The topological polar surface area (TPSA) is 67.6 Å². The van der Waals surface area contributed by atoms with Crippen molar-refractivity contribution in [2.75, 3.05) is 20.2 Å². The molecule has 1 aromatic heterocycles. The summed E-state index contributed by atoms with van der Waals surface area (Å²) in [6.45, 7) is 1.90. The van der Waals surface area contributed by atoms with Crippen molar-refractivity contribution in [1.29, 1.82) is 0 Å². The molecular formula is C11H17N3O3. The van der Waals surface area contributed by atoms with Crippen LogP contribution in [0.4, 0.5) is 0 Å². The molecule has 0 amide bonds. The first-order valence-corrected chi connectivity index (χ1v) is 5.68. The Balaban J connectivity index is 1.91. The number of likely N-dealkylation sites (tertiary alicyclic amines) is 1. The van der Waals surface area contributed by atoms with Gasteiger partial charge in [0.05, 0.1) is 19.8 Å². The average molecular weight is 239 g/mol. The van der Waals surface area contributed by atoms with Gasteiger partial charge in [-0.1, -0.05) is 0 Å². The standard InChI is InChI=1S/C11H17N3O3/c1-17-11(16)10-7-9(15)8-13(10)5-6-14-4-2-3-12-14/h2-4,9-10,15H,5-8H2,1H3. The molecule has 2 atom stereocenters. The summed E-state index contributed by atoms with van der Waals surface area (Å²) in [5.74, 6) is -0.276. The van der Waals surface area contributed by atoms with Gasteiger partial charge in [-0.15, -0.1) is 0 Å². The van der Waals surface area contributed by atoms with E-state index in [1.54, 1.807) is 10.9 Å². The molecule has 2 rings (SSSR count). The van der Waals surface area contributed by atoms with Gasteiger partial charge in [0, 0.05) is 31.9 Å². The molecule has 1 saturated heterocycles. The van der Waals surface area contributed by atoms with Crippen LogP contribution in [0.1, 0.15) is 6.42 Å². The summed E-state index contributed by atoms with van der Waals surface area (Å²) in [6, 6.07) is 1.53. The Morgan fingerprint density at radius 3 is 3.06 bits per heavy atom. The molecule has 1 fully saturated rings. The molecule has 1 aliphatic rings. The van der Waals surface area contributed by atoms with Crippen molar-refractivity contribution in [3.8, 4) is 0 Å². The lowest BCUT2D eigenvalue weighted by Gasteiger charge is -2.21. The summed E-state index contributed by atoms with van der Waals surface area (Å²) in [5.41, 5.74) is 0. The minimum Gasteiger partial charge on any atom is -0.468 e. The first-order chi connectivity index (χ1) is 8.20. The number of nitrogens with zero attached hydrogens (tertiary/aromatic N) is 3. The first kappa shape index (κ1) is 12.1. The highest BCUT2D eigenvalue weighted by atomic mass is 16.5. The van der Waals surface area contributed by atoms with Gasteiger partial charge in [-0.25, -0.2) is 0 Å². The molecule has 0 bridgehead atoms. The zero-order valence-corrected chi connectivity index (χ0v) is 9.82. The lowest BCUT2D eigenvalue weighted by Crippen LogP contribution is -2.38. The third-order valence-electron chi connectivity index (χ3n) is 3.03. The van der Waals surface area contributed by atoms with Gasteiger partial charge >= 0.3 is 5.97 Å². The summed E-state index contributed by atoms with van der Waals surface area (Å²) in [7, 11) is 1.37. The summed E-state index contributed by atoms with van der Waals surface area (Å²) in [6.07, 6.45) is 3.60. The average Bonchev–Trinajstić information content (AvgIpc) is 2.94. The number of aromatic nitrogens is 2. The molecule has 94 valence electrons. The number of hydrogen-bond acceptors (Lipinski definition) is 5. The van der Waals surface area contributed by atoms with Crippen LogP contribution in [-0.4, -0.2) is 58.1 Å². The van der Waals surface area contributed by atoms with Crippen molar-refractivity contribution in [2.45, 2.75) is 25.1 Å². The van der Waals surface area contributed by atoms with Gasteiger partial charge in [-0.3, -0.25) is 14.4 Å². The van der Waals surface area contributed by atoms with Crippen molar-refractivity contribution in [1.82, 2.24) is 14.7 Å². The SMILES string of the molecule is COC(=O)C1CC(O)CN1CCn1cccn1. The van der Waals surface area contributed by atoms with Crippen LogP contribution in [0.3, 0.4) is 0 Å². The van der Waals surface area contributed by atoms with E-state index in [1.165, 1.54) is 7.11 Å². The number of esters is 1. The first-order valence-electron chi connectivity index (χ1n) is 5.68. The maximum Gasteiger partial charge on any atom is 0.323 e. The van der Waals surface area contributed by atoms with Crippen LogP contribution in [0.5, 0.6) is 0 Å². The number of carbonyl (C=O) groups is 1. The van der Waals surface area contributed by atoms with Crippen LogP contribution in [0.2, 0.25) is 0 Å². The third-order valence-corrected chi connectivity index (χ3v) is 3.03. The number of carbonyl (C=O) groups excluding carboxylic acids is 1. The summed E-state index contributed by atoms with van der Waals surface area (Å²) < 4.78 is 6.54. The lowest BCUT2D eigenvalue weighted by molar-refractivity contribution is -0.145. The number of β-amino-alcohol motifs (C(OH)–C–C–N with tert-alkyl or cyclic N) is 1. The van der Waals surface area contributed by atoms with E-state index in [4.69, 9.17) is 4.74 Å². The zero-order valence-electron chi connectivity index (χ0n) is 9.82. The second-order valence-electron chi connectivity index (χ2n) is 4.19. The Morgan fingerprint density at radius 1 is 1.59 bits per heavy atom. The Kier molecular flexibility index (Phi) is 3.75. The van der Waals surface area contributed by atoms with Gasteiger partial charge in [0.2, 0.25) is 0 Å². The third kappa shape index (κ3) is 2.83. The highest BCUT2D eigenvalue weighted by molar-refractivity contribution is 5.76. The molecule has 0 radical (unpaired) electrons. The van der Waals surface area contributed by atoms with Crippen molar-refractivity contribution < 1.29 is 14.6 Å². The molecule has 0 saturated carbocycles. The molecule has 0 aliphatic carbocycles. The van der Waals surface area contributed by atoms with Gasteiger partial charge < -0.3 is 9.84 Å². The number of hydrogen-bond donors (Lipinski definition) is 1. The quantitative estimate of drug-likeness (QED) is 0.717. The minimum absolute atomic E-state index is 0.276. The molecule has 1 N–H and O–H groups in total. The Bertz CT molecular complexity index is 366. The molecule has 2 heterocycles. The van der Waals surface area contributed by atoms with Gasteiger partial charge in [0.15, 0.2) is 0 Å². The molecule has 0 spiro atoms. The van der Waals surface area contributed by atoms with E-state index in [9.17, 15) is 9.90 Å². The molecule has 1 aromatic rings. The fraction of sp³-hybridized carbons (Fsp3) is 0.636. The van der Waals surface area contributed by atoms with Crippen LogP contribution in [0, 0.1) is 0 Å². The molecule has 0 aromatic carbocycles. The van der Waals surface area contributed by atoms with E-state index in [1.807, 2.05) is 17.2 Å². The van der Waals surface area contributed by atoms with Crippen LogP contribution >= 0.6 is 0 Å². The van der Waals surface area contributed by atoms with E-state index in [2.05, 4.69) is 5.10 Å². The highest BCUT2D eigenvalue weighted by Crippen LogP contribution is 2.18. The van der Waals surface area contributed by atoms with Crippen LogP contribution in [-0.2, 0) is 16.1 Å². The fourth-order valence-electron chi connectivity index (χ4n) is 2.17. The van der Waals surface area contributed by atoms with Crippen LogP contribution in [0.25, 0.3) is 0 Å². The lowest BCUT2D eigenvalue weighted by atomic mass is 10.2. The van der Waals surface area contributed by atoms with E-state index in [-0.39, 0.29) is 12.0 Å². The fourth-order valence-corrected chi connectivity index (χ4v) is 2.17. The largest absolute Gasteiger partial charge is 0.468 e. The summed E-state index contributed by atoms with van der Waals surface area (Å²) in [4.78, 5) is 13.5. The highest BCUT2D eigenvalue weighted by Gasteiger charge is 2.36. The maximum atomic E-state index is 11.5. The monoisotopic (exact) mass is 239 g/mol. The Hall–Kier alpha value is -1.40. The van der Waals surface area contributed by atoms with Crippen molar-refractivity contribution in [3.05, 3.63) is 18.5 Å². The summed E-state index contributed by atoms with van der Waals surface area (Å²) in [5, 5.41) is 13.7. The Labute approximate surface area is 99.8 Å². The second kappa shape index (κ2) is 5.29. The van der Waals surface area contributed by atoms with E-state index in [0.29, 0.717) is 26.1 Å². The van der Waals surface area contributed by atoms with Gasteiger partial charge in [-0.2, -0.15) is 5.10 Å². The van der Waals surface area contributed by atoms with Crippen molar-refractivity contribution >= 4 is 5.97 Å². The smallest absolute Gasteiger partial charge is 0.323 e. The van der Waals surface area contributed by atoms with Crippen LogP contribution < -0.4 is 0 Å². The minimum atomic E-state index is -0.447. The van der Waals surface area contributed by atoms with Gasteiger partial charge in [0.1, 0.15) is 6.04 Å². The van der Waals surface area contributed by atoms with Crippen LogP contribution in [0.15, 0.2) is 18.5 Å². The zero-order chi connectivity index (χ0) is 12.3. The summed E-state index contributed by atoms with van der Waals surface area (Å²) >= 11 is 0. The number of rotatable bonds is 4. The normalized spacial score (nSPS) is 25.1. The predicted octanol–water partition coefficient (Wildman–Crippen LogP) is -0.509.